The highest BCUT2D eigenvalue weighted by Gasteiger charge is 2.39. The van der Waals surface area contributed by atoms with E-state index in [-0.39, 0.29) is 68.3 Å². The zero-order chi connectivity index (χ0) is 37.5. The fraction of sp³-hybridized carbons (Fsp3) is 0.278. The molecule has 52 heavy (non-hydrogen) atoms. The second-order valence-corrected chi connectivity index (χ2v) is 14.7. The molecule has 0 fully saturated rings. The van der Waals surface area contributed by atoms with Crippen molar-refractivity contribution in [1.82, 2.24) is 9.80 Å². The summed E-state index contributed by atoms with van der Waals surface area (Å²) in [6.45, 7) is 0.00789. The Labute approximate surface area is 314 Å². The van der Waals surface area contributed by atoms with Crippen molar-refractivity contribution in [3.05, 3.63) is 66.6 Å². The topological polar surface area (TPSA) is 201 Å². The van der Waals surface area contributed by atoms with E-state index in [0.717, 1.165) is 9.80 Å². The summed E-state index contributed by atoms with van der Waals surface area (Å²) in [6, 6.07) is 3.69. The first-order valence-electron chi connectivity index (χ1n) is 16.3. The number of nitrogens with two attached hydrogens (primary N) is 2. The van der Waals surface area contributed by atoms with E-state index in [0.29, 0.717) is 68.8 Å². The normalized spacial score (nSPS) is 15.6. The Kier molecular flexibility index (Phi) is 9.21. The molecule has 2 aliphatic heterocycles. The maximum absolute atomic E-state index is 13.9. The number of aliphatic carboxylic acids is 2. The van der Waals surface area contributed by atoms with Crippen LogP contribution >= 0.6 is 46.4 Å². The Morgan fingerprint density at radius 1 is 0.500 bits per heavy atom. The quantitative estimate of drug-likeness (QED) is 0.0456. The standard InChI is InChI=1S/C36H28Cl4N4O8/c37-17-9-13-23-14(32(46)43(31(13)45)7-3-1-5-21(41)35(49)50)10-18(38)26-28-20(40)12-16-24-15(11-19(39)27(30(24)28)25(17)29(23)26)33(47)44(34(16)48)8-4-2-6-22(42)36(51)52/h9-12,21-22H,1-8,41-42H2,(H,49,50)(H,51,52)/t21-,22-/m0/s1. The summed E-state index contributed by atoms with van der Waals surface area (Å²) in [5.41, 5.74) is 11.8. The van der Waals surface area contributed by atoms with Gasteiger partial charge in [-0.05, 0) is 62.8 Å². The lowest BCUT2D eigenvalue weighted by atomic mass is 9.82. The molecule has 2 heterocycles. The van der Waals surface area contributed by atoms with E-state index < -0.39 is 47.7 Å². The second-order valence-electron chi connectivity index (χ2n) is 13.0. The molecule has 0 saturated heterocycles. The average Bonchev–Trinajstić information content (AvgIpc) is 3.09. The molecule has 2 atom stereocenters. The maximum Gasteiger partial charge on any atom is 0.320 e. The lowest BCUT2D eigenvalue weighted by molar-refractivity contribution is -0.139. The summed E-state index contributed by atoms with van der Waals surface area (Å²) in [6.07, 6.45) is 1.67. The smallest absolute Gasteiger partial charge is 0.320 e. The van der Waals surface area contributed by atoms with E-state index in [1.165, 1.54) is 24.3 Å². The highest BCUT2D eigenvalue weighted by Crippen LogP contribution is 2.53. The SMILES string of the molecule is N[C@@H](CCCCN1C(=O)c2cc(Cl)c3c4c(Cl)cc5c6c(cc(Cl)c(c7c(Cl)cc(c2c37)C1=O)c64)C(=O)N(CCCC[C@H](N)C(=O)O)C5=O)C(=O)O. The van der Waals surface area contributed by atoms with Crippen LogP contribution in [-0.2, 0) is 9.59 Å². The van der Waals surface area contributed by atoms with E-state index in [1.807, 2.05) is 0 Å². The van der Waals surface area contributed by atoms with Crippen LogP contribution in [0.3, 0.4) is 0 Å². The van der Waals surface area contributed by atoms with Gasteiger partial charge in [-0.25, -0.2) is 0 Å². The molecule has 0 aromatic heterocycles. The monoisotopic (exact) mass is 784 g/mol. The van der Waals surface area contributed by atoms with Crippen molar-refractivity contribution < 1.29 is 39.0 Å². The number of amides is 4. The number of carboxylic acid groups (broad SMARTS) is 2. The molecule has 12 nitrogen and oxygen atoms in total. The molecular formula is C36H28Cl4N4O8. The van der Waals surface area contributed by atoms with Gasteiger partial charge in [0.05, 0.1) is 22.3 Å². The summed E-state index contributed by atoms with van der Waals surface area (Å²) in [5, 5.41) is 21.3. The van der Waals surface area contributed by atoms with Crippen LogP contribution in [-0.4, -0.2) is 80.8 Å². The van der Waals surface area contributed by atoms with Crippen molar-refractivity contribution in [3.63, 3.8) is 0 Å². The zero-order valence-corrected chi connectivity index (χ0v) is 30.0. The lowest BCUT2D eigenvalue weighted by Crippen LogP contribution is -2.41. The molecule has 0 bridgehead atoms. The number of hydrogen-bond acceptors (Lipinski definition) is 8. The third-order valence-electron chi connectivity index (χ3n) is 9.95. The van der Waals surface area contributed by atoms with E-state index in [2.05, 4.69) is 0 Å². The van der Waals surface area contributed by atoms with Gasteiger partial charge in [-0.2, -0.15) is 0 Å². The van der Waals surface area contributed by atoms with Gasteiger partial charge in [0.2, 0.25) is 0 Å². The van der Waals surface area contributed by atoms with E-state index >= 15 is 0 Å². The molecule has 2 aliphatic rings. The number of fused-ring (bicyclic) bond motifs is 2. The fourth-order valence-corrected chi connectivity index (χ4v) is 8.67. The molecule has 6 N–H and O–H groups in total. The minimum atomic E-state index is -1.14. The third-order valence-corrected chi connectivity index (χ3v) is 11.1. The van der Waals surface area contributed by atoms with Crippen LogP contribution in [0.4, 0.5) is 0 Å². The number of carbonyl (C=O) groups is 6. The van der Waals surface area contributed by atoms with Gasteiger partial charge < -0.3 is 21.7 Å². The van der Waals surface area contributed by atoms with Gasteiger partial charge >= 0.3 is 11.9 Å². The van der Waals surface area contributed by atoms with Crippen molar-refractivity contribution in [1.29, 1.82) is 0 Å². The van der Waals surface area contributed by atoms with Crippen LogP contribution in [0, 0.1) is 0 Å². The molecule has 7 rings (SSSR count). The largest absolute Gasteiger partial charge is 0.480 e. The van der Waals surface area contributed by atoms with Gasteiger partial charge in [0.15, 0.2) is 0 Å². The van der Waals surface area contributed by atoms with E-state index in [4.69, 9.17) is 68.1 Å². The molecule has 5 aromatic carbocycles. The first kappa shape index (κ1) is 36.1. The van der Waals surface area contributed by atoms with Crippen molar-refractivity contribution in [3.8, 4) is 0 Å². The Morgan fingerprint density at radius 3 is 1.02 bits per heavy atom. The number of rotatable bonds is 12. The van der Waals surface area contributed by atoms with Crippen molar-refractivity contribution in [2.24, 2.45) is 11.5 Å². The van der Waals surface area contributed by atoms with Crippen LogP contribution < -0.4 is 11.5 Å². The number of nitrogens with zero attached hydrogens (tertiary/aromatic N) is 2. The number of carbonyl (C=O) groups excluding carboxylic acids is 4. The molecule has 0 spiro atoms. The summed E-state index contributed by atoms with van der Waals surface area (Å²) >= 11 is 28.0. The summed E-state index contributed by atoms with van der Waals surface area (Å²) < 4.78 is 0. The average molecular weight is 786 g/mol. The predicted octanol–water partition coefficient (Wildman–Crippen LogP) is 6.71. The molecule has 4 amide bonds. The number of halogens is 4. The Hall–Kier alpha value is -4.30. The Bertz CT molecular complexity index is 2170. The highest BCUT2D eigenvalue weighted by molar-refractivity contribution is 6.56. The maximum atomic E-state index is 13.9. The third kappa shape index (κ3) is 5.43. The zero-order valence-electron chi connectivity index (χ0n) is 27.0. The van der Waals surface area contributed by atoms with Gasteiger partial charge in [-0.1, -0.05) is 46.4 Å². The van der Waals surface area contributed by atoms with Gasteiger partial charge in [0, 0.05) is 76.3 Å². The molecule has 16 heteroatoms. The van der Waals surface area contributed by atoms with Crippen molar-refractivity contribution in [2.75, 3.05) is 13.1 Å². The van der Waals surface area contributed by atoms with Crippen LogP contribution in [0.25, 0.3) is 43.1 Å². The minimum Gasteiger partial charge on any atom is -0.480 e. The Balaban J connectivity index is 1.38. The van der Waals surface area contributed by atoms with Crippen molar-refractivity contribution in [2.45, 2.75) is 50.6 Å². The molecule has 0 saturated carbocycles. The number of carboxylic acids is 2. The molecule has 0 unspecified atom stereocenters. The Morgan fingerprint density at radius 2 is 0.769 bits per heavy atom. The lowest BCUT2D eigenvalue weighted by Gasteiger charge is -2.31. The van der Waals surface area contributed by atoms with E-state index in [1.54, 1.807) is 0 Å². The van der Waals surface area contributed by atoms with Gasteiger partial charge in [0.1, 0.15) is 12.1 Å². The van der Waals surface area contributed by atoms with Crippen LogP contribution in [0.5, 0.6) is 0 Å². The number of benzene rings is 5. The second kappa shape index (κ2) is 13.3. The number of imide groups is 2. The minimum absolute atomic E-state index is 0.00395. The summed E-state index contributed by atoms with van der Waals surface area (Å²) in [4.78, 5) is 80.0. The molecule has 268 valence electrons. The summed E-state index contributed by atoms with van der Waals surface area (Å²) in [7, 11) is 0. The van der Waals surface area contributed by atoms with Crippen LogP contribution in [0.2, 0.25) is 20.1 Å². The summed E-state index contributed by atoms with van der Waals surface area (Å²) in [5.74, 6) is -4.68. The molecule has 0 aliphatic carbocycles. The van der Waals surface area contributed by atoms with Gasteiger partial charge in [-0.3, -0.25) is 38.6 Å². The van der Waals surface area contributed by atoms with Gasteiger partial charge in [-0.15, -0.1) is 0 Å². The van der Waals surface area contributed by atoms with Gasteiger partial charge in [0.25, 0.3) is 23.6 Å². The first-order valence-corrected chi connectivity index (χ1v) is 17.8. The molecular weight excluding hydrogens is 758 g/mol. The number of unbranched alkanes of at least 4 members (excludes halogenated alkanes) is 2. The highest BCUT2D eigenvalue weighted by atomic mass is 35.5. The predicted molar refractivity (Wildman–Crippen MR) is 197 cm³/mol. The number of hydrogen-bond donors (Lipinski definition) is 4. The fourth-order valence-electron chi connectivity index (χ4n) is 7.48. The van der Waals surface area contributed by atoms with Crippen LogP contribution in [0.1, 0.15) is 80.0 Å². The van der Waals surface area contributed by atoms with Crippen LogP contribution in [0.15, 0.2) is 24.3 Å². The molecule has 0 radical (unpaired) electrons. The molecule has 5 aromatic rings. The van der Waals surface area contributed by atoms with Crippen molar-refractivity contribution >= 4 is 125 Å². The van der Waals surface area contributed by atoms with E-state index in [9.17, 15) is 28.8 Å². The first-order chi connectivity index (χ1) is 24.6.